The van der Waals surface area contributed by atoms with Gasteiger partial charge in [0.25, 0.3) is 0 Å². The summed E-state index contributed by atoms with van der Waals surface area (Å²) in [5, 5.41) is 7.20. The molecule has 0 saturated heterocycles. The van der Waals surface area contributed by atoms with Crippen LogP contribution in [0.3, 0.4) is 0 Å². The van der Waals surface area contributed by atoms with Crippen molar-refractivity contribution in [1.29, 1.82) is 0 Å². The molecule has 3 heterocycles. The van der Waals surface area contributed by atoms with Gasteiger partial charge in [-0.15, -0.1) is 11.3 Å². The SMILES string of the molecule is c1ccc(-c2nc(-c3ccc(-c4ccc(-c5c6ccccc6cc6c5sc5ccccc56)cc4)cc3)nc(-c3cccc4oc5ccccc5c34)n2)cc1. The van der Waals surface area contributed by atoms with Crippen LogP contribution >= 0.6 is 11.3 Å². The van der Waals surface area contributed by atoms with Gasteiger partial charge in [0.1, 0.15) is 11.2 Å². The van der Waals surface area contributed by atoms with Crippen LogP contribution in [0.2, 0.25) is 0 Å². The second-order valence-electron chi connectivity index (χ2n) is 13.6. The normalized spacial score (nSPS) is 11.7. The Kier molecular flexibility index (Phi) is 7.00. The van der Waals surface area contributed by atoms with Crippen LogP contribution < -0.4 is 0 Å². The van der Waals surface area contributed by atoms with Crippen molar-refractivity contribution >= 4 is 64.2 Å². The van der Waals surface area contributed by atoms with Crippen molar-refractivity contribution in [3.8, 4) is 56.4 Å². The van der Waals surface area contributed by atoms with E-state index in [1.54, 1.807) is 0 Å². The fourth-order valence-electron chi connectivity index (χ4n) is 7.75. The first-order chi connectivity index (χ1) is 26.7. The summed E-state index contributed by atoms with van der Waals surface area (Å²) in [7, 11) is 0. The Labute approximate surface area is 314 Å². The third-order valence-corrected chi connectivity index (χ3v) is 11.6. The van der Waals surface area contributed by atoms with Crippen molar-refractivity contribution in [2.45, 2.75) is 0 Å². The molecule has 0 aliphatic carbocycles. The first-order valence-corrected chi connectivity index (χ1v) is 18.8. The second kappa shape index (κ2) is 12.3. The second-order valence-corrected chi connectivity index (χ2v) is 14.6. The van der Waals surface area contributed by atoms with Gasteiger partial charge in [0.15, 0.2) is 17.5 Å². The zero-order chi connectivity index (χ0) is 35.6. The quantitative estimate of drug-likeness (QED) is 0.179. The van der Waals surface area contributed by atoms with E-state index in [9.17, 15) is 0 Å². The number of para-hydroxylation sites is 1. The summed E-state index contributed by atoms with van der Waals surface area (Å²) >= 11 is 1.88. The molecule has 54 heavy (non-hydrogen) atoms. The highest BCUT2D eigenvalue weighted by molar-refractivity contribution is 7.26. The van der Waals surface area contributed by atoms with E-state index >= 15 is 0 Å². The molecule has 8 aromatic carbocycles. The fraction of sp³-hybridized carbons (Fsp3) is 0. The van der Waals surface area contributed by atoms with Crippen LogP contribution in [0, 0.1) is 0 Å². The number of thiophene rings is 1. The molecular weight excluding hydrogens is 679 g/mol. The monoisotopic (exact) mass is 707 g/mol. The van der Waals surface area contributed by atoms with Crippen molar-refractivity contribution in [1.82, 2.24) is 15.0 Å². The van der Waals surface area contributed by atoms with E-state index in [2.05, 4.69) is 115 Å². The molecule has 0 N–H and O–H groups in total. The van der Waals surface area contributed by atoms with Crippen LogP contribution in [0.5, 0.6) is 0 Å². The maximum absolute atomic E-state index is 6.21. The minimum atomic E-state index is 0.608. The number of aromatic nitrogens is 3. The van der Waals surface area contributed by atoms with Crippen LogP contribution in [-0.4, -0.2) is 15.0 Å². The van der Waals surface area contributed by atoms with Gasteiger partial charge < -0.3 is 4.42 Å². The van der Waals surface area contributed by atoms with E-state index in [1.807, 2.05) is 72.0 Å². The van der Waals surface area contributed by atoms with Crippen LogP contribution in [-0.2, 0) is 0 Å². The molecule has 252 valence electrons. The fourth-order valence-corrected chi connectivity index (χ4v) is 9.02. The highest BCUT2D eigenvalue weighted by atomic mass is 32.1. The molecule has 11 aromatic rings. The average molecular weight is 708 g/mol. The van der Waals surface area contributed by atoms with Crippen LogP contribution in [0.25, 0.3) is 109 Å². The Balaban J connectivity index is 0.990. The molecule has 11 rings (SSSR count). The lowest BCUT2D eigenvalue weighted by atomic mass is 9.94. The molecule has 0 aliphatic rings. The molecule has 0 amide bonds. The Hall–Kier alpha value is -6.95. The van der Waals surface area contributed by atoms with Gasteiger partial charge in [-0.2, -0.15) is 0 Å². The molecule has 0 atom stereocenters. The number of fused-ring (bicyclic) bond motifs is 7. The molecule has 5 heteroatoms. The minimum absolute atomic E-state index is 0.608. The Morgan fingerprint density at radius 2 is 0.963 bits per heavy atom. The molecule has 3 aromatic heterocycles. The van der Waals surface area contributed by atoms with Gasteiger partial charge in [0.2, 0.25) is 0 Å². The third kappa shape index (κ3) is 5.01. The van der Waals surface area contributed by atoms with Gasteiger partial charge in [-0.3, -0.25) is 0 Å². The predicted octanol–water partition coefficient (Wildman–Crippen LogP) is 13.6. The van der Waals surface area contributed by atoms with E-state index in [1.165, 1.54) is 42.1 Å². The van der Waals surface area contributed by atoms with Crippen LogP contribution in [0.15, 0.2) is 180 Å². The zero-order valence-corrected chi connectivity index (χ0v) is 29.7. The summed E-state index contributed by atoms with van der Waals surface area (Å²) in [5.74, 6) is 1.85. The van der Waals surface area contributed by atoms with Crippen LogP contribution in [0.4, 0.5) is 0 Å². The highest BCUT2D eigenvalue weighted by Crippen LogP contribution is 2.44. The third-order valence-electron chi connectivity index (χ3n) is 10.4. The first kappa shape index (κ1) is 30.7. The van der Waals surface area contributed by atoms with E-state index in [-0.39, 0.29) is 0 Å². The topological polar surface area (TPSA) is 51.8 Å². The Bertz CT molecular complexity index is 3200. The van der Waals surface area contributed by atoms with Crippen molar-refractivity contribution in [3.63, 3.8) is 0 Å². The Morgan fingerprint density at radius 1 is 0.389 bits per heavy atom. The first-order valence-electron chi connectivity index (χ1n) is 18.0. The largest absolute Gasteiger partial charge is 0.456 e. The number of nitrogens with zero attached hydrogens (tertiary/aromatic N) is 3. The van der Waals surface area contributed by atoms with Crippen molar-refractivity contribution in [3.05, 3.63) is 176 Å². The van der Waals surface area contributed by atoms with Gasteiger partial charge in [-0.05, 0) is 51.7 Å². The number of hydrogen-bond acceptors (Lipinski definition) is 5. The van der Waals surface area contributed by atoms with Crippen molar-refractivity contribution in [2.75, 3.05) is 0 Å². The molecule has 0 radical (unpaired) electrons. The summed E-state index contributed by atoms with van der Waals surface area (Å²) in [6.45, 7) is 0. The maximum atomic E-state index is 6.21. The van der Waals surface area contributed by atoms with Crippen molar-refractivity contribution in [2.24, 2.45) is 0 Å². The lowest BCUT2D eigenvalue weighted by Crippen LogP contribution is -2.00. The van der Waals surface area contributed by atoms with E-state index in [4.69, 9.17) is 19.4 Å². The predicted molar refractivity (Wildman–Crippen MR) is 225 cm³/mol. The molecule has 0 fully saturated rings. The number of rotatable bonds is 5. The molecule has 0 spiro atoms. The lowest BCUT2D eigenvalue weighted by molar-refractivity contribution is 0.669. The standard InChI is InChI=1S/C49H29N3OS/c1-2-11-33(12-3-1)47-50-48(52-49(51-47)39-17-10-19-42-45(39)38-16-6-8-18-41(38)53-42)34-27-23-31(24-28-34)30-21-25-32(26-22-30)44-36-14-5-4-13-35(36)29-40-37-15-7-9-20-43(37)54-46(40)44/h1-29H. The highest BCUT2D eigenvalue weighted by Gasteiger charge is 2.18. The number of furan rings is 1. The maximum Gasteiger partial charge on any atom is 0.164 e. The molecule has 0 aliphatic heterocycles. The van der Waals surface area contributed by atoms with E-state index < -0.39 is 0 Å². The summed E-state index contributed by atoms with van der Waals surface area (Å²) < 4.78 is 8.85. The van der Waals surface area contributed by atoms with Gasteiger partial charge in [-0.25, -0.2) is 15.0 Å². The zero-order valence-electron chi connectivity index (χ0n) is 28.9. The van der Waals surface area contributed by atoms with Crippen LogP contribution in [0.1, 0.15) is 0 Å². The summed E-state index contributed by atoms with van der Waals surface area (Å²) in [6, 6.07) is 61.6. The number of hydrogen-bond donors (Lipinski definition) is 0. The van der Waals surface area contributed by atoms with Gasteiger partial charge >= 0.3 is 0 Å². The number of benzene rings is 8. The lowest BCUT2D eigenvalue weighted by Gasteiger charge is -2.11. The molecule has 4 nitrogen and oxygen atoms in total. The summed E-state index contributed by atoms with van der Waals surface area (Å²) in [6.07, 6.45) is 0. The smallest absolute Gasteiger partial charge is 0.164 e. The molecule has 0 saturated carbocycles. The molecule has 0 unspecified atom stereocenters. The summed E-state index contributed by atoms with van der Waals surface area (Å²) in [5.41, 5.74) is 9.20. The average Bonchev–Trinajstić information content (AvgIpc) is 3.81. The molecular formula is C49H29N3OS. The van der Waals surface area contributed by atoms with E-state index in [0.29, 0.717) is 17.5 Å². The van der Waals surface area contributed by atoms with Gasteiger partial charge in [0.05, 0.1) is 0 Å². The van der Waals surface area contributed by atoms with E-state index in [0.717, 1.165) is 49.8 Å². The Morgan fingerprint density at radius 3 is 1.74 bits per heavy atom. The van der Waals surface area contributed by atoms with Gasteiger partial charge in [0, 0.05) is 53.2 Å². The summed E-state index contributed by atoms with van der Waals surface area (Å²) in [4.78, 5) is 15.1. The minimum Gasteiger partial charge on any atom is -0.456 e. The molecule has 0 bridgehead atoms. The van der Waals surface area contributed by atoms with Gasteiger partial charge in [-0.1, -0.05) is 152 Å². The van der Waals surface area contributed by atoms with Crippen molar-refractivity contribution < 1.29 is 4.42 Å².